The summed E-state index contributed by atoms with van der Waals surface area (Å²) in [5, 5.41) is 11.0. The van der Waals surface area contributed by atoms with E-state index in [4.69, 9.17) is 14.7 Å². The molecule has 152 valence electrons. The third kappa shape index (κ3) is 6.41. The van der Waals surface area contributed by atoms with E-state index in [2.05, 4.69) is 5.32 Å². The van der Waals surface area contributed by atoms with Crippen LogP contribution in [0.3, 0.4) is 0 Å². The molecule has 1 fully saturated rings. The number of nitrogens with one attached hydrogen (secondary N) is 1. The van der Waals surface area contributed by atoms with Crippen LogP contribution in [0.25, 0.3) is 0 Å². The van der Waals surface area contributed by atoms with Crippen molar-refractivity contribution in [2.45, 2.75) is 45.6 Å². The Balaban J connectivity index is 1.89. The maximum atomic E-state index is 14.1. The van der Waals surface area contributed by atoms with Gasteiger partial charge in [-0.15, -0.1) is 0 Å². The Kier molecular flexibility index (Phi) is 7.21. The van der Waals surface area contributed by atoms with Crippen molar-refractivity contribution in [2.75, 3.05) is 25.0 Å². The lowest BCUT2D eigenvalue weighted by Gasteiger charge is -2.33. The van der Waals surface area contributed by atoms with Crippen molar-refractivity contribution in [2.24, 2.45) is 5.92 Å². The summed E-state index contributed by atoms with van der Waals surface area (Å²) in [5.74, 6) is -0.794. The Morgan fingerprint density at radius 3 is 2.61 bits per heavy atom. The molecule has 2 rings (SSSR count). The van der Waals surface area contributed by atoms with Crippen molar-refractivity contribution in [3.63, 3.8) is 0 Å². The van der Waals surface area contributed by atoms with Crippen LogP contribution in [0.5, 0.6) is 5.75 Å². The van der Waals surface area contributed by atoms with Gasteiger partial charge in [0.05, 0.1) is 12.7 Å². The number of carbonyl (C=O) groups is 2. The molecule has 1 saturated heterocycles. The van der Waals surface area contributed by atoms with Gasteiger partial charge in [0.15, 0.2) is 5.82 Å². The lowest BCUT2D eigenvalue weighted by Crippen LogP contribution is -2.42. The van der Waals surface area contributed by atoms with Gasteiger partial charge in [0.25, 0.3) is 0 Å². The molecule has 1 aliphatic rings. The van der Waals surface area contributed by atoms with E-state index in [0.29, 0.717) is 19.7 Å². The number of benzene rings is 1. The van der Waals surface area contributed by atoms with Crippen LogP contribution in [0.15, 0.2) is 18.2 Å². The van der Waals surface area contributed by atoms with E-state index in [1.165, 1.54) is 12.1 Å². The lowest BCUT2D eigenvalue weighted by atomic mass is 9.98. The average Bonchev–Trinajstić information content (AvgIpc) is 2.61. The summed E-state index contributed by atoms with van der Waals surface area (Å²) in [4.78, 5) is 25.4. The SMILES string of the molecule is CC(C)(C)OC(=O)N1CCC(COc2cccc(F)c2NC(=O)CC#N)CC1. The van der Waals surface area contributed by atoms with Crippen LogP contribution in [-0.4, -0.2) is 42.2 Å². The molecule has 1 N–H and O–H groups in total. The first-order valence-corrected chi connectivity index (χ1v) is 9.25. The fourth-order valence-electron chi connectivity index (χ4n) is 2.82. The van der Waals surface area contributed by atoms with E-state index in [1.807, 2.05) is 20.8 Å². The zero-order chi connectivity index (χ0) is 20.7. The number of piperidine rings is 1. The molecule has 1 aromatic carbocycles. The highest BCUT2D eigenvalue weighted by Crippen LogP contribution is 2.29. The fraction of sp³-hybridized carbons (Fsp3) is 0.550. The molecule has 0 bridgehead atoms. The van der Waals surface area contributed by atoms with Crippen LogP contribution in [-0.2, 0) is 9.53 Å². The molecular weight excluding hydrogens is 365 g/mol. The second kappa shape index (κ2) is 9.40. The molecule has 1 aromatic rings. The van der Waals surface area contributed by atoms with Crippen molar-refractivity contribution in [1.29, 1.82) is 5.26 Å². The number of ether oxygens (including phenoxy) is 2. The molecule has 0 radical (unpaired) electrons. The molecule has 28 heavy (non-hydrogen) atoms. The van der Waals surface area contributed by atoms with Gasteiger partial charge < -0.3 is 19.7 Å². The third-order valence-electron chi connectivity index (χ3n) is 4.22. The van der Waals surface area contributed by atoms with Gasteiger partial charge in [-0.2, -0.15) is 5.26 Å². The molecule has 0 saturated carbocycles. The van der Waals surface area contributed by atoms with Crippen molar-refractivity contribution >= 4 is 17.7 Å². The number of nitrogens with zero attached hydrogens (tertiary/aromatic N) is 2. The number of anilines is 1. The van der Waals surface area contributed by atoms with Crippen LogP contribution in [0.2, 0.25) is 0 Å². The van der Waals surface area contributed by atoms with E-state index in [9.17, 15) is 14.0 Å². The van der Waals surface area contributed by atoms with E-state index in [1.54, 1.807) is 17.0 Å². The largest absolute Gasteiger partial charge is 0.491 e. The predicted molar refractivity (Wildman–Crippen MR) is 101 cm³/mol. The zero-order valence-electron chi connectivity index (χ0n) is 16.5. The highest BCUT2D eigenvalue weighted by Gasteiger charge is 2.27. The summed E-state index contributed by atoms with van der Waals surface area (Å²) < 4.78 is 25.2. The Labute approximate surface area is 164 Å². The van der Waals surface area contributed by atoms with Crippen molar-refractivity contribution < 1.29 is 23.5 Å². The van der Waals surface area contributed by atoms with E-state index in [0.717, 1.165) is 12.8 Å². The number of amides is 2. The zero-order valence-corrected chi connectivity index (χ0v) is 16.5. The molecule has 0 atom stereocenters. The monoisotopic (exact) mass is 391 g/mol. The first-order chi connectivity index (χ1) is 13.2. The minimum absolute atomic E-state index is 0.0612. The minimum atomic E-state index is -0.622. The fourth-order valence-corrected chi connectivity index (χ4v) is 2.82. The molecule has 1 heterocycles. The maximum Gasteiger partial charge on any atom is 0.410 e. The maximum absolute atomic E-state index is 14.1. The Morgan fingerprint density at radius 2 is 2.00 bits per heavy atom. The van der Waals surface area contributed by atoms with E-state index in [-0.39, 0.29) is 29.9 Å². The lowest BCUT2D eigenvalue weighted by molar-refractivity contribution is -0.115. The van der Waals surface area contributed by atoms with Gasteiger partial charge in [-0.05, 0) is 51.7 Å². The number of halogens is 1. The molecule has 2 amide bonds. The molecule has 0 aromatic heterocycles. The second-order valence-corrected chi connectivity index (χ2v) is 7.72. The normalized spacial score (nSPS) is 14.9. The topological polar surface area (TPSA) is 91.7 Å². The number of nitriles is 1. The summed E-state index contributed by atoms with van der Waals surface area (Å²) in [6.45, 7) is 6.97. The molecule has 1 aliphatic heterocycles. The Hall–Kier alpha value is -2.82. The average molecular weight is 391 g/mol. The number of hydrogen-bond donors (Lipinski definition) is 1. The standard InChI is InChI=1S/C20H26FN3O4/c1-20(2,3)28-19(26)24-11-8-14(9-12-24)13-27-16-6-4-5-15(21)18(16)23-17(25)7-10-22/h4-6,14H,7-9,11-13H2,1-3H3,(H,23,25). The minimum Gasteiger partial charge on any atom is -0.491 e. The summed E-state index contributed by atoms with van der Waals surface area (Å²) in [5.41, 5.74) is -0.588. The summed E-state index contributed by atoms with van der Waals surface area (Å²) >= 11 is 0. The smallest absolute Gasteiger partial charge is 0.410 e. The van der Waals surface area contributed by atoms with Crippen molar-refractivity contribution in [3.05, 3.63) is 24.0 Å². The van der Waals surface area contributed by atoms with Crippen molar-refractivity contribution in [3.8, 4) is 11.8 Å². The van der Waals surface area contributed by atoms with Crippen LogP contribution >= 0.6 is 0 Å². The van der Waals surface area contributed by atoms with Gasteiger partial charge in [-0.3, -0.25) is 4.79 Å². The van der Waals surface area contributed by atoms with Crippen LogP contribution in [0.1, 0.15) is 40.0 Å². The molecule has 0 unspecified atom stereocenters. The molecule has 7 nitrogen and oxygen atoms in total. The highest BCUT2D eigenvalue weighted by molar-refractivity contribution is 5.93. The van der Waals surface area contributed by atoms with Gasteiger partial charge in [0.2, 0.25) is 5.91 Å². The summed E-state index contributed by atoms with van der Waals surface area (Å²) in [7, 11) is 0. The first kappa shape index (κ1) is 21.5. The predicted octanol–water partition coefficient (Wildman–Crippen LogP) is 3.70. The van der Waals surface area contributed by atoms with Gasteiger partial charge >= 0.3 is 6.09 Å². The van der Waals surface area contributed by atoms with Crippen LogP contribution in [0.4, 0.5) is 14.9 Å². The second-order valence-electron chi connectivity index (χ2n) is 7.72. The quantitative estimate of drug-likeness (QED) is 0.826. The van der Waals surface area contributed by atoms with Crippen LogP contribution < -0.4 is 10.1 Å². The van der Waals surface area contributed by atoms with E-state index < -0.39 is 17.3 Å². The molecule has 8 heteroatoms. The Morgan fingerprint density at radius 1 is 1.32 bits per heavy atom. The van der Waals surface area contributed by atoms with E-state index >= 15 is 0 Å². The molecular formula is C20H26FN3O4. The van der Waals surface area contributed by atoms with Gasteiger partial charge in [0.1, 0.15) is 23.5 Å². The number of carbonyl (C=O) groups excluding carboxylic acids is 2. The Bertz CT molecular complexity index is 747. The molecule has 0 aliphatic carbocycles. The number of hydrogen-bond acceptors (Lipinski definition) is 5. The van der Waals surface area contributed by atoms with Crippen LogP contribution in [0, 0.1) is 23.1 Å². The molecule has 0 spiro atoms. The van der Waals surface area contributed by atoms with Gasteiger partial charge in [0, 0.05) is 13.1 Å². The van der Waals surface area contributed by atoms with Gasteiger partial charge in [-0.25, -0.2) is 9.18 Å². The third-order valence-corrected chi connectivity index (χ3v) is 4.22. The summed E-state index contributed by atoms with van der Waals surface area (Å²) in [6.07, 6.45) is 0.797. The number of rotatable bonds is 5. The van der Waals surface area contributed by atoms with Crippen molar-refractivity contribution in [1.82, 2.24) is 4.90 Å². The first-order valence-electron chi connectivity index (χ1n) is 9.25. The number of likely N-dealkylation sites (tertiary alicyclic amines) is 1. The number of para-hydroxylation sites is 1. The van der Waals surface area contributed by atoms with Gasteiger partial charge in [-0.1, -0.05) is 6.07 Å². The highest BCUT2D eigenvalue weighted by atomic mass is 19.1. The summed E-state index contributed by atoms with van der Waals surface area (Å²) in [6, 6.07) is 6.00.